The number of anilines is 1. The van der Waals surface area contributed by atoms with Crippen LogP contribution < -0.4 is 5.32 Å². The number of carbonyl (C=O) groups excluding carboxylic acids is 1. The maximum absolute atomic E-state index is 13.7. The number of nitrogens with one attached hydrogen (secondary N) is 1. The number of hydrogen-bond acceptors (Lipinski definition) is 4. The summed E-state index contributed by atoms with van der Waals surface area (Å²) in [5.74, 6) is -1.35. The van der Waals surface area contributed by atoms with Crippen LogP contribution in [-0.2, 0) is 0 Å². The summed E-state index contributed by atoms with van der Waals surface area (Å²) < 4.78 is 14.7. The Kier molecular flexibility index (Phi) is 4.70. The number of hydrogen-bond donors (Lipinski definition) is 1. The molecule has 0 saturated heterocycles. The molecule has 116 valence electrons. The van der Waals surface area contributed by atoms with Crippen LogP contribution in [0.15, 0.2) is 46.9 Å². The van der Waals surface area contributed by atoms with Gasteiger partial charge in [-0.05, 0) is 24.3 Å². The van der Waals surface area contributed by atoms with Gasteiger partial charge in [0.25, 0.3) is 5.91 Å². The quantitative estimate of drug-likeness (QED) is 0.658. The Bertz CT molecular complexity index is 849. The van der Waals surface area contributed by atoms with Gasteiger partial charge in [-0.15, -0.1) is 10.2 Å². The molecule has 1 aromatic heterocycles. The van der Waals surface area contributed by atoms with E-state index >= 15 is 0 Å². The molecular weight excluding hydrogens is 405 g/mol. The van der Waals surface area contributed by atoms with E-state index in [0.29, 0.717) is 5.01 Å². The van der Waals surface area contributed by atoms with E-state index in [1.165, 1.54) is 29.5 Å². The molecule has 0 unspecified atom stereocenters. The van der Waals surface area contributed by atoms with Crippen LogP contribution in [0, 0.1) is 5.82 Å². The van der Waals surface area contributed by atoms with E-state index in [1.54, 1.807) is 0 Å². The third kappa shape index (κ3) is 3.57. The number of benzene rings is 2. The molecule has 1 amide bonds. The maximum atomic E-state index is 13.7. The first-order chi connectivity index (χ1) is 11.0. The highest BCUT2D eigenvalue weighted by molar-refractivity contribution is 9.10. The average Bonchev–Trinajstić information content (AvgIpc) is 2.96. The molecule has 0 spiro atoms. The van der Waals surface area contributed by atoms with E-state index in [0.717, 1.165) is 10.0 Å². The van der Waals surface area contributed by atoms with Gasteiger partial charge in [-0.25, -0.2) is 4.39 Å². The van der Waals surface area contributed by atoms with Crippen LogP contribution in [0.3, 0.4) is 0 Å². The molecule has 1 N–H and O–H groups in total. The minimum atomic E-state index is -0.687. The first-order valence-corrected chi connectivity index (χ1v) is 8.38. The number of halogens is 3. The molecule has 2 aromatic carbocycles. The second-order valence-corrected chi connectivity index (χ2v) is 6.77. The summed E-state index contributed by atoms with van der Waals surface area (Å²) in [6.45, 7) is 0. The highest BCUT2D eigenvalue weighted by atomic mass is 79.9. The summed E-state index contributed by atoms with van der Waals surface area (Å²) in [5, 5.41) is 11.4. The Labute approximate surface area is 148 Å². The molecule has 0 saturated carbocycles. The first kappa shape index (κ1) is 16.0. The molecule has 1 heterocycles. The van der Waals surface area contributed by atoms with E-state index in [2.05, 4.69) is 31.4 Å². The number of amides is 1. The highest BCUT2D eigenvalue weighted by Gasteiger charge is 2.17. The smallest absolute Gasteiger partial charge is 0.261 e. The van der Waals surface area contributed by atoms with Crippen LogP contribution in [-0.4, -0.2) is 16.1 Å². The van der Waals surface area contributed by atoms with Gasteiger partial charge < -0.3 is 0 Å². The van der Waals surface area contributed by atoms with Gasteiger partial charge in [-0.1, -0.05) is 57.1 Å². The second kappa shape index (κ2) is 6.74. The Morgan fingerprint density at radius 3 is 2.61 bits per heavy atom. The molecule has 23 heavy (non-hydrogen) atoms. The second-order valence-electron chi connectivity index (χ2n) is 4.47. The highest BCUT2D eigenvalue weighted by Crippen LogP contribution is 2.28. The fourth-order valence-corrected chi connectivity index (χ4v) is 3.11. The van der Waals surface area contributed by atoms with Gasteiger partial charge in [-0.3, -0.25) is 10.1 Å². The van der Waals surface area contributed by atoms with Crippen LogP contribution >= 0.6 is 38.9 Å². The van der Waals surface area contributed by atoms with Gasteiger partial charge in [0, 0.05) is 10.0 Å². The van der Waals surface area contributed by atoms with E-state index in [9.17, 15) is 9.18 Å². The summed E-state index contributed by atoms with van der Waals surface area (Å²) in [6.07, 6.45) is 0. The normalized spacial score (nSPS) is 10.6. The first-order valence-electron chi connectivity index (χ1n) is 6.39. The van der Waals surface area contributed by atoms with Crippen molar-refractivity contribution in [3.8, 4) is 10.6 Å². The Morgan fingerprint density at radius 2 is 1.91 bits per heavy atom. The molecule has 4 nitrogen and oxygen atoms in total. The Morgan fingerprint density at radius 1 is 1.17 bits per heavy atom. The number of carbonyl (C=O) groups is 1. The van der Waals surface area contributed by atoms with Crippen LogP contribution in [0.2, 0.25) is 5.02 Å². The number of aromatic nitrogens is 2. The van der Waals surface area contributed by atoms with Crippen molar-refractivity contribution >= 4 is 49.9 Å². The topological polar surface area (TPSA) is 54.9 Å². The molecular formula is C15H8BrClFN3OS. The molecule has 3 rings (SSSR count). The van der Waals surface area contributed by atoms with Gasteiger partial charge in [-0.2, -0.15) is 0 Å². The summed E-state index contributed by atoms with van der Waals surface area (Å²) >= 11 is 10.4. The zero-order valence-electron chi connectivity index (χ0n) is 11.4. The van der Waals surface area contributed by atoms with Crippen molar-refractivity contribution in [3.63, 3.8) is 0 Å². The van der Waals surface area contributed by atoms with Crippen molar-refractivity contribution < 1.29 is 9.18 Å². The predicted octanol–water partition coefficient (Wildman–Crippen LogP) is 5.01. The fourth-order valence-electron chi connectivity index (χ4n) is 1.86. The Hall–Kier alpha value is -1.83. The van der Waals surface area contributed by atoms with E-state index < -0.39 is 11.7 Å². The molecule has 0 bridgehead atoms. The molecule has 0 radical (unpaired) electrons. The van der Waals surface area contributed by atoms with Gasteiger partial charge >= 0.3 is 0 Å². The third-order valence-corrected chi connectivity index (χ3v) is 4.66. The molecule has 0 aliphatic heterocycles. The zero-order chi connectivity index (χ0) is 16.4. The third-order valence-electron chi connectivity index (χ3n) is 2.93. The molecule has 0 fully saturated rings. The molecule has 0 atom stereocenters. The van der Waals surface area contributed by atoms with E-state index in [4.69, 9.17) is 11.6 Å². The lowest BCUT2D eigenvalue weighted by Crippen LogP contribution is -2.14. The lowest BCUT2D eigenvalue weighted by atomic mass is 10.2. The number of nitrogens with zero attached hydrogens (tertiary/aromatic N) is 2. The summed E-state index contributed by atoms with van der Waals surface area (Å²) in [5.41, 5.74) is 0.657. The van der Waals surface area contributed by atoms with Crippen molar-refractivity contribution in [2.45, 2.75) is 0 Å². The molecule has 3 aromatic rings. The largest absolute Gasteiger partial charge is 0.296 e. The van der Waals surface area contributed by atoms with Crippen molar-refractivity contribution in [1.29, 1.82) is 0 Å². The van der Waals surface area contributed by atoms with Crippen molar-refractivity contribution in [1.82, 2.24) is 10.2 Å². The van der Waals surface area contributed by atoms with E-state index in [1.807, 2.05) is 24.3 Å². The summed E-state index contributed by atoms with van der Waals surface area (Å²) in [4.78, 5) is 12.1. The summed E-state index contributed by atoms with van der Waals surface area (Å²) in [6, 6.07) is 11.6. The number of rotatable bonds is 3. The minimum Gasteiger partial charge on any atom is -0.296 e. The lowest BCUT2D eigenvalue weighted by Gasteiger charge is -2.04. The van der Waals surface area contributed by atoms with Gasteiger partial charge in [0.15, 0.2) is 0 Å². The van der Waals surface area contributed by atoms with Gasteiger partial charge in [0.05, 0.1) is 10.6 Å². The van der Waals surface area contributed by atoms with Gasteiger partial charge in [0.1, 0.15) is 10.8 Å². The monoisotopic (exact) mass is 411 g/mol. The molecule has 8 heteroatoms. The molecule has 0 aliphatic carbocycles. The van der Waals surface area contributed by atoms with Crippen molar-refractivity contribution in [2.75, 3.05) is 5.32 Å². The van der Waals surface area contributed by atoms with Crippen LogP contribution in [0.4, 0.5) is 9.52 Å². The van der Waals surface area contributed by atoms with Gasteiger partial charge in [0.2, 0.25) is 5.13 Å². The van der Waals surface area contributed by atoms with Crippen LogP contribution in [0.1, 0.15) is 10.4 Å². The minimum absolute atomic E-state index is 0.0418. The fraction of sp³-hybridized carbons (Fsp3) is 0. The van der Waals surface area contributed by atoms with Crippen LogP contribution in [0.25, 0.3) is 10.6 Å². The predicted molar refractivity (Wildman–Crippen MR) is 92.4 cm³/mol. The average molecular weight is 413 g/mol. The van der Waals surface area contributed by atoms with E-state index in [-0.39, 0.29) is 15.7 Å². The van der Waals surface area contributed by atoms with Crippen molar-refractivity contribution in [2.24, 2.45) is 0 Å². The SMILES string of the molecule is O=C(Nc1nnc(-c2ccc(Br)cc2)s1)c1c(F)cccc1Cl. The van der Waals surface area contributed by atoms with Crippen molar-refractivity contribution in [3.05, 3.63) is 63.3 Å². The lowest BCUT2D eigenvalue weighted by molar-refractivity contribution is 0.102. The molecule has 0 aliphatic rings. The van der Waals surface area contributed by atoms with Crippen LogP contribution in [0.5, 0.6) is 0 Å². The summed E-state index contributed by atoms with van der Waals surface area (Å²) in [7, 11) is 0. The zero-order valence-corrected chi connectivity index (χ0v) is 14.5. The maximum Gasteiger partial charge on any atom is 0.261 e. The standard InChI is InChI=1S/C15H8BrClFN3OS/c16-9-6-4-8(5-7-9)14-20-21-15(23-14)19-13(22)12-10(17)2-1-3-11(12)18/h1-7H,(H,19,21,22). The Balaban J connectivity index is 1.82.